The number of benzene rings is 1. The smallest absolute Gasteiger partial charge is 0.371 e. The second kappa shape index (κ2) is 5.42. The van der Waals surface area contributed by atoms with Gasteiger partial charge in [-0.3, -0.25) is 4.79 Å². The number of carbonyl (C=O) groups excluding carboxylic acids is 1. The van der Waals surface area contributed by atoms with Gasteiger partial charge in [-0.1, -0.05) is 0 Å². The molecule has 1 aromatic rings. The molecule has 0 unspecified atom stereocenters. The molecule has 0 radical (unpaired) electrons. The summed E-state index contributed by atoms with van der Waals surface area (Å²) in [5.74, 6) is -2.11. The Labute approximate surface area is 114 Å². The van der Waals surface area contributed by atoms with Gasteiger partial charge < -0.3 is 4.90 Å². The van der Waals surface area contributed by atoms with E-state index < -0.39 is 17.9 Å². The van der Waals surface area contributed by atoms with Crippen molar-refractivity contribution in [2.24, 2.45) is 5.92 Å². The lowest BCUT2D eigenvalue weighted by molar-refractivity contribution is -0.179. The fraction of sp³-hybridized carbons (Fsp3) is 0.500. The maximum Gasteiger partial charge on any atom is 0.391 e. The highest BCUT2D eigenvalue weighted by atomic mass is 19.4. The fourth-order valence-electron chi connectivity index (χ4n) is 2.51. The van der Waals surface area contributed by atoms with Crippen molar-refractivity contribution in [2.45, 2.75) is 25.9 Å². The normalized spacial score (nSPS) is 17.4. The van der Waals surface area contributed by atoms with Crippen molar-refractivity contribution in [3.63, 3.8) is 0 Å². The summed E-state index contributed by atoms with van der Waals surface area (Å²) in [5.41, 5.74) is 0.731. The number of rotatable bonds is 2. The minimum absolute atomic E-state index is 0.00176. The van der Waals surface area contributed by atoms with Crippen LogP contribution in [0.25, 0.3) is 0 Å². The second-order valence-corrected chi connectivity index (χ2v) is 5.02. The van der Waals surface area contributed by atoms with Crippen LogP contribution in [0.2, 0.25) is 0 Å². The maximum atomic E-state index is 13.2. The van der Waals surface area contributed by atoms with Gasteiger partial charge in [0.15, 0.2) is 5.78 Å². The van der Waals surface area contributed by atoms with Crippen LogP contribution in [0.15, 0.2) is 18.2 Å². The molecule has 20 heavy (non-hydrogen) atoms. The van der Waals surface area contributed by atoms with Crippen molar-refractivity contribution in [1.82, 2.24) is 0 Å². The highest BCUT2D eigenvalue weighted by Crippen LogP contribution is 2.36. The molecule has 2 nitrogen and oxygen atoms in total. The molecule has 0 N–H and O–H groups in total. The van der Waals surface area contributed by atoms with Crippen LogP contribution in [0, 0.1) is 11.7 Å². The molecule has 0 aromatic heterocycles. The lowest BCUT2D eigenvalue weighted by Gasteiger charge is -2.35. The van der Waals surface area contributed by atoms with E-state index in [1.54, 1.807) is 4.90 Å². The number of piperidine rings is 1. The minimum Gasteiger partial charge on any atom is -0.371 e. The molecule has 0 amide bonds. The van der Waals surface area contributed by atoms with Gasteiger partial charge in [0.05, 0.1) is 5.92 Å². The Hall–Kier alpha value is -1.59. The average Bonchev–Trinajstić information content (AvgIpc) is 2.37. The quantitative estimate of drug-likeness (QED) is 0.609. The number of alkyl halides is 3. The highest BCUT2D eigenvalue weighted by molar-refractivity contribution is 5.99. The van der Waals surface area contributed by atoms with E-state index in [1.807, 2.05) is 0 Å². The number of hydrogen-bond donors (Lipinski definition) is 0. The van der Waals surface area contributed by atoms with Crippen LogP contribution in [0.5, 0.6) is 0 Å². The summed E-state index contributed by atoms with van der Waals surface area (Å²) < 4.78 is 51.0. The van der Waals surface area contributed by atoms with Crippen molar-refractivity contribution in [3.8, 4) is 0 Å². The van der Waals surface area contributed by atoms with E-state index in [2.05, 4.69) is 0 Å². The summed E-state index contributed by atoms with van der Waals surface area (Å²) in [6, 6.07) is 3.81. The van der Waals surface area contributed by atoms with Crippen molar-refractivity contribution in [2.75, 3.05) is 18.0 Å². The third-order valence-electron chi connectivity index (χ3n) is 3.64. The maximum absolute atomic E-state index is 13.2. The van der Waals surface area contributed by atoms with Crippen LogP contribution in [-0.4, -0.2) is 25.0 Å². The molecular weight excluding hydrogens is 274 g/mol. The van der Waals surface area contributed by atoms with Gasteiger partial charge in [-0.15, -0.1) is 0 Å². The Kier molecular flexibility index (Phi) is 4.01. The van der Waals surface area contributed by atoms with Gasteiger partial charge in [0.1, 0.15) is 5.82 Å². The molecule has 110 valence electrons. The molecule has 1 fully saturated rings. The largest absolute Gasteiger partial charge is 0.391 e. The number of anilines is 1. The van der Waals surface area contributed by atoms with Crippen LogP contribution in [0.4, 0.5) is 23.2 Å². The van der Waals surface area contributed by atoms with E-state index in [1.165, 1.54) is 19.1 Å². The number of hydrogen-bond acceptors (Lipinski definition) is 2. The van der Waals surface area contributed by atoms with Crippen LogP contribution >= 0.6 is 0 Å². The first-order valence-electron chi connectivity index (χ1n) is 6.41. The first kappa shape index (κ1) is 14.8. The predicted molar refractivity (Wildman–Crippen MR) is 67.4 cm³/mol. The first-order chi connectivity index (χ1) is 9.29. The summed E-state index contributed by atoms with van der Waals surface area (Å²) in [6.07, 6.45) is -4.17. The van der Waals surface area contributed by atoms with Gasteiger partial charge in [-0.25, -0.2) is 4.39 Å². The Balaban J connectivity index is 2.17. The van der Waals surface area contributed by atoms with Gasteiger partial charge in [0, 0.05) is 24.3 Å². The molecule has 1 aliphatic heterocycles. The zero-order valence-electron chi connectivity index (χ0n) is 11.0. The summed E-state index contributed by atoms with van der Waals surface area (Å²) in [7, 11) is 0. The standard InChI is InChI=1S/C14H15F4NO/c1-9(20)12-8-11(15)2-3-13(12)19-6-4-10(5-7-19)14(16,17)18/h2-3,8,10H,4-7H2,1H3. The average molecular weight is 289 g/mol. The molecule has 0 spiro atoms. The van der Waals surface area contributed by atoms with Gasteiger partial charge in [0.2, 0.25) is 0 Å². The lowest BCUT2D eigenvalue weighted by Crippen LogP contribution is -2.39. The van der Waals surface area contributed by atoms with E-state index in [0.717, 1.165) is 6.07 Å². The number of carbonyl (C=O) groups is 1. The topological polar surface area (TPSA) is 20.3 Å². The van der Waals surface area contributed by atoms with Crippen molar-refractivity contribution < 1.29 is 22.4 Å². The molecule has 0 aliphatic carbocycles. The second-order valence-electron chi connectivity index (χ2n) is 5.02. The minimum atomic E-state index is -4.17. The van der Waals surface area contributed by atoms with Crippen LogP contribution in [0.1, 0.15) is 30.1 Å². The molecule has 6 heteroatoms. The zero-order chi connectivity index (χ0) is 14.9. The van der Waals surface area contributed by atoms with Gasteiger partial charge in [-0.05, 0) is 38.0 Å². The van der Waals surface area contributed by atoms with Crippen molar-refractivity contribution in [3.05, 3.63) is 29.6 Å². The SMILES string of the molecule is CC(=O)c1cc(F)ccc1N1CCC(C(F)(F)F)CC1. The molecule has 1 aromatic carbocycles. The van der Waals surface area contributed by atoms with Gasteiger partial charge in [-0.2, -0.15) is 13.2 Å². The Morgan fingerprint density at radius 3 is 2.35 bits per heavy atom. The molecular formula is C14H15F4NO. The summed E-state index contributed by atoms with van der Waals surface area (Å²) >= 11 is 0. The van der Waals surface area contributed by atoms with E-state index in [-0.39, 0.29) is 37.3 Å². The van der Waals surface area contributed by atoms with Gasteiger partial charge in [0.25, 0.3) is 0 Å². The number of halogens is 4. The molecule has 1 aliphatic rings. The zero-order valence-corrected chi connectivity index (χ0v) is 11.0. The van der Waals surface area contributed by atoms with Crippen molar-refractivity contribution in [1.29, 1.82) is 0 Å². The lowest BCUT2D eigenvalue weighted by atomic mass is 9.95. The van der Waals surface area contributed by atoms with E-state index >= 15 is 0 Å². The molecule has 1 heterocycles. The van der Waals surface area contributed by atoms with E-state index in [0.29, 0.717) is 5.69 Å². The molecule has 0 bridgehead atoms. The Bertz CT molecular complexity index is 504. The van der Waals surface area contributed by atoms with Gasteiger partial charge >= 0.3 is 6.18 Å². The van der Waals surface area contributed by atoms with Crippen LogP contribution in [-0.2, 0) is 0 Å². The Morgan fingerprint density at radius 2 is 1.85 bits per heavy atom. The summed E-state index contributed by atoms with van der Waals surface area (Å²) in [6.45, 7) is 1.76. The number of nitrogens with zero attached hydrogens (tertiary/aromatic N) is 1. The van der Waals surface area contributed by atoms with E-state index in [4.69, 9.17) is 0 Å². The molecule has 2 rings (SSSR count). The molecule has 1 saturated heterocycles. The molecule has 0 atom stereocenters. The predicted octanol–water partition coefficient (Wildman–Crippen LogP) is 3.81. The van der Waals surface area contributed by atoms with Crippen LogP contribution < -0.4 is 4.90 Å². The van der Waals surface area contributed by atoms with Crippen LogP contribution in [0.3, 0.4) is 0 Å². The highest BCUT2D eigenvalue weighted by Gasteiger charge is 2.41. The third-order valence-corrected chi connectivity index (χ3v) is 3.64. The summed E-state index contributed by atoms with van der Waals surface area (Å²) in [5, 5.41) is 0. The fourth-order valence-corrected chi connectivity index (χ4v) is 2.51. The molecule has 0 saturated carbocycles. The van der Waals surface area contributed by atoms with E-state index in [9.17, 15) is 22.4 Å². The monoisotopic (exact) mass is 289 g/mol. The summed E-state index contributed by atoms with van der Waals surface area (Å²) in [4.78, 5) is 13.2. The van der Waals surface area contributed by atoms with Crippen molar-refractivity contribution >= 4 is 11.5 Å². The Morgan fingerprint density at radius 1 is 1.25 bits per heavy atom. The number of Topliss-reactive ketones (excluding diaryl/α,β-unsaturated/α-hetero) is 1. The first-order valence-corrected chi connectivity index (χ1v) is 6.41. The third kappa shape index (κ3) is 3.11. The number of ketones is 1.